The molecule has 1 heterocycles. The normalized spacial score (nSPS) is 11.4. The van der Waals surface area contributed by atoms with Crippen molar-refractivity contribution in [3.63, 3.8) is 0 Å². The molecule has 0 saturated heterocycles. The maximum absolute atomic E-state index is 5.64. The lowest BCUT2D eigenvalue weighted by Gasteiger charge is -2.17. The minimum atomic E-state index is 0.767. The fraction of sp³-hybridized carbons (Fsp3) is 0.714. The van der Waals surface area contributed by atoms with E-state index in [2.05, 4.69) is 24.2 Å². The van der Waals surface area contributed by atoms with Crippen molar-refractivity contribution in [2.24, 2.45) is 0 Å². The van der Waals surface area contributed by atoms with Crippen molar-refractivity contribution in [3.8, 4) is 0 Å². The van der Waals surface area contributed by atoms with Gasteiger partial charge in [-0.3, -0.25) is 0 Å². The molecular formula is C14H26N2O2. The molecule has 0 fully saturated rings. The van der Waals surface area contributed by atoms with E-state index in [1.54, 1.807) is 7.11 Å². The molecule has 1 aromatic rings. The molecule has 0 aliphatic rings. The van der Waals surface area contributed by atoms with Crippen molar-refractivity contribution in [2.45, 2.75) is 27.3 Å². The summed E-state index contributed by atoms with van der Waals surface area (Å²) in [6, 6.07) is 0. The van der Waals surface area contributed by atoms with Gasteiger partial charge in [0.05, 0.1) is 6.61 Å². The van der Waals surface area contributed by atoms with Gasteiger partial charge in [-0.1, -0.05) is 0 Å². The number of hydrogen-bond donors (Lipinski definition) is 1. The summed E-state index contributed by atoms with van der Waals surface area (Å²) in [4.78, 5) is 2.31. The van der Waals surface area contributed by atoms with Crippen molar-refractivity contribution in [3.05, 3.63) is 22.6 Å². The van der Waals surface area contributed by atoms with Crippen LogP contribution in [0.15, 0.2) is 4.42 Å². The van der Waals surface area contributed by atoms with E-state index in [0.29, 0.717) is 0 Å². The second kappa shape index (κ2) is 7.56. The summed E-state index contributed by atoms with van der Waals surface area (Å²) < 4.78 is 10.6. The van der Waals surface area contributed by atoms with Gasteiger partial charge in [-0.05, 0) is 33.4 Å². The van der Waals surface area contributed by atoms with Crippen LogP contribution in [0.5, 0.6) is 0 Å². The first kappa shape index (κ1) is 15.2. The molecule has 18 heavy (non-hydrogen) atoms. The lowest BCUT2D eigenvalue weighted by Crippen LogP contribution is -2.30. The monoisotopic (exact) mass is 254 g/mol. The molecule has 0 unspecified atom stereocenters. The Hall–Kier alpha value is -0.840. The summed E-state index contributed by atoms with van der Waals surface area (Å²) in [5.41, 5.74) is 2.61. The summed E-state index contributed by atoms with van der Waals surface area (Å²) in [5.74, 6) is 2.08. The zero-order valence-corrected chi connectivity index (χ0v) is 12.3. The summed E-state index contributed by atoms with van der Waals surface area (Å²) >= 11 is 0. The highest BCUT2D eigenvalue weighted by Crippen LogP contribution is 2.21. The van der Waals surface area contributed by atoms with E-state index in [1.165, 1.54) is 11.1 Å². The first-order chi connectivity index (χ1) is 8.56. The number of rotatable bonds is 8. The van der Waals surface area contributed by atoms with Crippen LogP contribution in [-0.4, -0.2) is 45.3 Å². The average Bonchev–Trinajstić information content (AvgIpc) is 2.56. The molecule has 0 spiro atoms. The number of likely N-dealkylation sites (N-methyl/N-ethyl adjacent to an activating group) is 1. The van der Waals surface area contributed by atoms with Crippen LogP contribution in [0.4, 0.5) is 0 Å². The van der Waals surface area contributed by atoms with Gasteiger partial charge in [-0.15, -0.1) is 0 Å². The van der Waals surface area contributed by atoms with Crippen LogP contribution in [0, 0.1) is 20.8 Å². The first-order valence-corrected chi connectivity index (χ1v) is 6.50. The van der Waals surface area contributed by atoms with Crippen molar-refractivity contribution in [1.29, 1.82) is 0 Å². The van der Waals surface area contributed by atoms with Gasteiger partial charge in [0.25, 0.3) is 0 Å². The highest BCUT2D eigenvalue weighted by molar-refractivity contribution is 5.31. The van der Waals surface area contributed by atoms with Gasteiger partial charge < -0.3 is 19.4 Å². The van der Waals surface area contributed by atoms with Gasteiger partial charge in [0.2, 0.25) is 0 Å². The van der Waals surface area contributed by atoms with E-state index in [4.69, 9.17) is 9.15 Å². The van der Waals surface area contributed by atoms with Gasteiger partial charge in [0, 0.05) is 38.9 Å². The minimum Gasteiger partial charge on any atom is -0.466 e. The molecule has 104 valence electrons. The molecule has 0 aliphatic carbocycles. The Morgan fingerprint density at radius 1 is 1.17 bits per heavy atom. The van der Waals surface area contributed by atoms with Crippen LogP contribution in [0.3, 0.4) is 0 Å². The van der Waals surface area contributed by atoms with Gasteiger partial charge in [0.1, 0.15) is 11.5 Å². The first-order valence-electron chi connectivity index (χ1n) is 6.50. The largest absolute Gasteiger partial charge is 0.466 e. The Balaban J connectivity index is 2.33. The third-order valence-electron chi connectivity index (χ3n) is 3.29. The predicted molar refractivity (Wildman–Crippen MR) is 74.0 cm³/mol. The van der Waals surface area contributed by atoms with Gasteiger partial charge in [-0.25, -0.2) is 0 Å². The number of methoxy groups -OCH3 is 1. The number of nitrogens with zero attached hydrogens (tertiary/aromatic N) is 1. The van der Waals surface area contributed by atoms with E-state index in [9.17, 15) is 0 Å². The average molecular weight is 254 g/mol. The third kappa shape index (κ3) is 4.44. The van der Waals surface area contributed by atoms with Crippen LogP contribution < -0.4 is 5.32 Å². The molecule has 4 heteroatoms. The Labute approximate surface area is 110 Å². The van der Waals surface area contributed by atoms with Crippen molar-refractivity contribution < 1.29 is 9.15 Å². The number of furan rings is 1. The smallest absolute Gasteiger partial charge is 0.105 e. The molecule has 0 amide bonds. The molecule has 0 aliphatic heterocycles. The Kier molecular flexibility index (Phi) is 6.39. The maximum atomic E-state index is 5.64. The molecular weight excluding hydrogens is 228 g/mol. The molecule has 0 bridgehead atoms. The summed E-state index contributed by atoms with van der Waals surface area (Å²) in [6.07, 6.45) is 0. The van der Waals surface area contributed by atoms with E-state index in [-0.39, 0.29) is 0 Å². The van der Waals surface area contributed by atoms with Crippen molar-refractivity contribution in [1.82, 2.24) is 10.2 Å². The minimum absolute atomic E-state index is 0.767. The van der Waals surface area contributed by atoms with Crippen LogP contribution in [0.2, 0.25) is 0 Å². The zero-order valence-electron chi connectivity index (χ0n) is 12.3. The Morgan fingerprint density at radius 3 is 2.44 bits per heavy atom. The standard InChI is InChI=1S/C14H26N2O2/c1-11-12(2)18-13(3)14(11)10-16(4)8-6-15-7-9-17-5/h15H,6-10H2,1-5H3. The van der Waals surface area contributed by atoms with Gasteiger partial charge >= 0.3 is 0 Å². The van der Waals surface area contributed by atoms with Crippen LogP contribution >= 0.6 is 0 Å². The van der Waals surface area contributed by atoms with Crippen LogP contribution in [0.25, 0.3) is 0 Å². The van der Waals surface area contributed by atoms with E-state index in [0.717, 1.165) is 44.3 Å². The number of hydrogen-bond acceptors (Lipinski definition) is 4. The highest BCUT2D eigenvalue weighted by atomic mass is 16.5. The van der Waals surface area contributed by atoms with E-state index < -0.39 is 0 Å². The molecule has 0 atom stereocenters. The molecule has 0 aromatic carbocycles. The van der Waals surface area contributed by atoms with E-state index >= 15 is 0 Å². The van der Waals surface area contributed by atoms with Crippen molar-refractivity contribution in [2.75, 3.05) is 40.4 Å². The summed E-state index contributed by atoms with van der Waals surface area (Å²) in [6.45, 7) is 10.8. The number of aryl methyl sites for hydroxylation is 2. The van der Waals surface area contributed by atoms with E-state index in [1.807, 2.05) is 13.8 Å². The zero-order chi connectivity index (χ0) is 13.5. The number of ether oxygens (including phenoxy) is 1. The summed E-state index contributed by atoms with van der Waals surface area (Å²) in [5, 5.41) is 3.35. The topological polar surface area (TPSA) is 37.6 Å². The van der Waals surface area contributed by atoms with Gasteiger partial charge in [0.15, 0.2) is 0 Å². The number of nitrogens with one attached hydrogen (secondary N) is 1. The molecule has 1 aromatic heterocycles. The Bertz CT molecular complexity index is 361. The lowest BCUT2D eigenvalue weighted by atomic mass is 10.1. The molecule has 0 radical (unpaired) electrons. The lowest BCUT2D eigenvalue weighted by molar-refractivity contribution is 0.197. The van der Waals surface area contributed by atoms with Crippen LogP contribution in [-0.2, 0) is 11.3 Å². The van der Waals surface area contributed by atoms with Crippen molar-refractivity contribution >= 4 is 0 Å². The Morgan fingerprint density at radius 2 is 1.89 bits per heavy atom. The molecule has 1 N–H and O–H groups in total. The molecule has 4 nitrogen and oxygen atoms in total. The maximum Gasteiger partial charge on any atom is 0.105 e. The predicted octanol–water partition coefficient (Wildman–Crippen LogP) is 1.87. The SMILES string of the molecule is COCCNCCN(C)Cc1c(C)oc(C)c1C. The quantitative estimate of drug-likeness (QED) is 0.719. The van der Waals surface area contributed by atoms with Crippen LogP contribution in [0.1, 0.15) is 22.6 Å². The fourth-order valence-corrected chi connectivity index (χ4v) is 1.99. The second-order valence-corrected chi connectivity index (χ2v) is 4.80. The third-order valence-corrected chi connectivity index (χ3v) is 3.29. The fourth-order valence-electron chi connectivity index (χ4n) is 1.99. The van der Waals surface area contributed by atoms with Gasteiger partial charge in [-0.2, -0.15) is 0 Å². The molecule has 1 rings (SSSR count). The highest BCUT2D eigenvalue weighted by Gasteiger charge is 2.12. The molecule has 0 saturated carbocycles. The summed E-state index contributed by atoms with van der Waals surface area (Å²) in [7, 11) is 3.86. The second-order valence-electron chi connectivity index (χ2n) is 4.80.